The Morgan fingerprint density at radius 2 is 2.05 bits per heavy atom. The van der Waals surface area contributed by atoms with Gasteiger partial charge in [-0.05, 0) is 36.4 Å². The minimum Gasteiger partial charge on any atom is -0.494 e. The Hall–Kier alpha value is -0.745. The van der Waals surface area contributed by atoms with Crippen LogP contribution in [0.1, 0.15) is 25.3 Å². The first-order chi connectivity index (χ1) is 10.2. The third-order valence-electron chi connectivity index (χ3n) is 3.18. The number of aliphatic hydroxyl groups is 1. The predicted octanol–water partition coefficient (Wildman–Crippen LogP) is 2.35. The van der Waals surface area contributed by atoms with Crippen LogP contribution in [0, 0.1) is 0 Å². The third kappa shape index (κ3) is 7.18. The van der Waals surface area contributed by atoms with Crippen LogP contribution in [0.15, 0.2) is 24.3 Å². The zero-order valence-electron chi connectivity index (χ0n) is 12.5. The lowest BCUT2D eigenvalue weighted by molar-refractivity contribution is 0.179. The summed E-state index contributed by atoms with van der Waals surface area (Å²) in [6.45, 7) is 2.96. The van der Waals surface area contributed by atoms with Crippen molar-refractivity contribution < 1.29 is 14.5 Å². The summed E-state index contributed by atoms with van der Waals surface area (Å²) in [5.41, 5.74) is 6.39. The molecule has 0 unspecified atom stereocenters. The van der Waals surface area contributed by atoms with Crippen molar-refractivity contribution in [2.24, 2.45) is 5.73 Å². The molecule has 0 spiro atoms. The van der Waals surface area contributed by atoms with E-state index in [1.165, 1.54) is 0 Å². The molecule has 1 aromatic rings. The fraction of sp³-hybridized carbons (Fsp3) is 0.600. The molecule has 0 bridgehead atoms. The highest BCUT2D eigenvalue weighted by atomic mass is 35.5. The van der Waals surface area contributed by atoms with Crippen LogP contribution in [0.25, 0.3) is 0 Å². The van der Waals surface area contributed by atoms with Crippen LogP contribution in [0.3, 0.4) is 0 Å². The Labute approximate surface area is 132 Å². The van der Waals surface area contributed by atoms with Gasteiger partial charge in [0.05, 0.1) is 19.4 Å². The summed E-state index contributed by atoms with van der Waals surface area (Å²) in [4.78, 5) is 0. The number of rotatable bonds is 11. The minimum atomic E-state index is -0.654. The average molecular weight is 313 g/mol. The quantitative estimate of drug-likeness (QED) is 0.285. The van der Waals surface area contributed by atoms with E-state index in [0.717, 1.165) is 30.8 Å². The monoisotopic (exact) mass is 312 g/mol. The highest BCUT2D eigenvalue weighted by molar-refractivity contribution is 6.30. The number of unbranched alkanes of at least 4 members (excludes halogenated alkanes) is 1. The fourth-order valence-electron chi connectivity index (χ4n) is 1.90. The molecule has 6 heteroatoms. The summed E-state index contributed by atoms with van der Waals surface area (Å²) in [6, 6.07) is 7.87. The molecule has 1 rings (SSSR count). The molecule has 0 aliphatic rings. The summed E-state index contributed by atoms with van der Waals surface area (Å²) < 4.78 is 10.7. The molecule has 0 saturated carbocycles. The molecule has 0 aromatic heterocycles. The number of alkyl halides is 1. The number of aliphatic hydroxyl groups excluding tert-OH is 1. The van der Waals surface area contributed by atoms with Crippen molar-refractivity contribution in [3.05, 3.63) is 29.8 Å². The molecule has 0 heterocycles. The molecule has 0 aliphatic heterocycles. The Morgan fingerprint density at radius 3 is 2.62 bits per heavy atom. The minimum absolute atomic E-state index is 0.0930. The maximum Gasteiger partial charge on any atom is 0.300 e. The molecule has 117 valence electrons. The zero-order chi connectivity index (χ0) is 15.5. The van der Waals surface area contributed by atoms with Gasteiger partial charge in [-0.25, -0.2) is 0 Å². The van der Waals surface area contributed by atoms with E-state index in [-0.39, 0.29) is 18.4 Å². The molecular weight excluding hydrogens is 288 g/mol. The normalized spacial score (nSPS) is 13.7. The SMILES string of the molecule is CCCCOc1ccc(C[C@H]([B]OCN)[C@H](O)CCl)cc1. The molecule has 1 radical (unpaired) electrons. The highest BCUT2D eigenvalue weighted by Gasteiger charge is 2.21. The summed E-state index contributed by atoms with van der Waals surface area (Å²) in [6.07, 6.45) is 2.16. The zero-order valence-corrected chi connectivity index (χ0v) is 13.3. The molecule has 3 N–H and O–H groups in total. The molecule has 0 saturated heterocycles. The molecular formula is C15H24BClNO3. The lowest BCUT2D eigenvalue weighted by Gasteiger charge is -2.20. The largest absolute Gasteiger partial charge is 0.494 e. The molecule has 2 atom stereocenters. The van der Waals surface area contributed by atoms with Crippen LogP contribution < -0.4 is 10.5 Å². The van der Waals surface area contributed by atoms with Gasteiger partial charge in [-0.1, -0.05) is 25.5 Å². The number of hydrogen-bond donors (Lipinski definition) is 2. The number of halogens is 1. The summed E-state index contributed by atoms with van der Waals surface area (Å²) in [5, 5.41) is 9.89. The van der Waals surface area contributed by atoms with E-state index >= 15 is 0 Å². The van der Waals surface area contributed by atoms with Crippen molar-refractivity contribution in [2.45, 2.75) is 38.1 Å². The van der Waals surface area contributed by atoms with Crippen molar-refractivity contribution in [3.63, 3.8) is 0 Å². The maximum absolute atomic E-state index is 9.89. The molecule has 4 nitrogen and oxygen atoms in total. The van der Waals surface area contributed by atoms with Crippen molar-refractivity contribution in [1.82, 2.24) is 0 Å². The van der Waals surface area contributed by atoms with Gasteiger partial charge in [0.1, 0.15) is 5.75 Å². The number of nitrogens with two attached hydrogens (primary N) is 1. The van der Waals surface area contributed by atoms with Crippen LogP contribution in [0.4, 0.5) is 0 Å². The van der Waals surface area contributed by atoms with Gasteiger partial charge in [0.2, 0.25) is 0 Å². The average Bonchev–Trinajstić information content (AvgIpc) is 2.52. The van der Waals surface area contributed by atoms with E-state index in [0.29, 0.717) is 6.42 Å². The van der Waals surface area contributed by atoms with Gasteiger partial charge in [0.15, 0.2) is 0 Å². The first-order valence-electron chi connectivity index (χ1n) is 7.32. The Morgan fingerprint density at radius 1 is 1.33 bits per heavy atom. The van der Waals surface area contributed by atoms with Crippen molar-refractivity contribution in [2.75, 3.05) is 19.2 Å². The van der Waals surface area contributed by atoms with Gasteiger partial charge in [-0.15, -0.1) is 11.6 Å². The standard InChI is InChI=1S/C15H24BClNO3/c1-2-3-8-20-13-6-4-12(5-7-13)9-14(15(19)10-17)16-21-11-18/h4-7,14-15,19H,2-3,8-11,18H2,1H3/t14-,15+/m0/s1. The van der Waals surface area contributed by atoms with Crippen molar-refractivity contribution in [1.29, 1.82) is 0 Å². The second-order valence-electron chi connectivity index (χ2n) is 4.91. The molecule has 0 aliphatic carbocycles. The first-order valence-corrected chi connectivity index (χ1v) is 7.85. The smallest absolute Gasteiger partial charge is 0.300 e. The second-order valence-corrected chi connectivity index (χ2v) is 5.21. The number of hydrogen-bond acceptors (Lipinski definition) is 4. The van der Waals surface area contributed by atoms with Crippen LogP contribution in [-0.2, 0) is 11.1 Å². The first kappa shape index (κ1) is 18.3. The van der Waals surface area contributed by atoms with E-state index in [9.17, 15) is 5.11 Å². The lowest BCUT2D eigenvalue weighted by atomic mass is 9.72. The van der Waals surface area contributed by atoms with Crippen molar-refractivity contribution in [3.8, 4) is 5.75 Å². The Kier molecular flexibility index (Phi) is 9.51. The maximum atomic E-state index is 9.89. The van der Waals surface area contributed by atoms with Gasteiger partial charge in [0.25, 0.3) is 0 Å². The molecule has 1 aromatic carbocycles. The highest BCUT2D eigenvalue weighted by Crippen LogP contribution is 2.21. The van der Waals surface area contributed by atoms with Gasteiger partial charge >= 0.3 is 7.48 Å². The number of ether oxygens (including phenoxy) is 1. The summed E-state index contributed by atoms with van der Waals surface area (Å²) in [7, 11) is 1.57. The van der Waals surface area contributed by atoms with Crippen LogP contribution in [0.5, 0.6) is 5.75 Å². The summed E-state index contributed by atoms with van der Waals surface area (Å²) >= 11 is 5.71. The second kappa shape index (κ2) is 10.9. The number of benzene rings is 1. The third-order valence-corrected chi connectivity index (χ3v) is 3.50. The van der Waals surface area contributed by atoms with Gasteiger partial charge in [0, 0.05) is 5.88 Å². The summed E-state index contributed by atoms with van der Waals surface area (Å²) in [5.74, 6) is 0.842. The Bertz CT molecular complexity index is 378. The van der Waals surface area contributed by atoms with Gasteiger partial charge in [-0.3, -0.25) is 0 Å². The predicted molar refractivity (Wildman–Crippen MR) is 86.9 cm³/mol. The molecule has 21 heavy (non-hydrogen) atoms. The molecule has 0 fully saturated rings. The van der Waals surface area contributed by atoms with E-state index in [2.05, 4.69) is 6.92 Å². The van der Waals surface area contributed by atoms with Gasteiger partial charge in [-0.2, -0.15) is 0 Å². The fourth-order valence-corrected chi connectivity index (χ4v) is 2.13. The van der Waals surface area contributed by atoms with Crippen LogP contribution in [0.2, 0.25) is 5.82 Å². The van der Waals surface area contributed by atoms with Gasteiger partial charge < -0.3 is 20.2 Å². The van der Waals surface area contributed by atoms with E-state index in [4.69, 9.17) is 26.7 Å². The molecule has 0 amide bonds. The van der Waals surface area contributed by atoms with E-state index in [1.807, 2.05) is 24.3 Å². The topological polar surface area (TPSA) is 64.7 Å². The Balaban J connectivity index is 2.54. The van der Waals surface area contributed by atoms with Crippen LogP contribution in [-0.4, -0.2) is 37.9 Å². The lowest BCUT2D eigenvalue weighted by Crippen LogP contribution is -2.27. The van der Waals surface area contributed by atoms with Crippen molar-refractivity contribution >= 4 is 19.1 Å². The van der Waals surface area contributed by atoms with E-state index < -0.39 is 6.10 Å². The van der Waals surface area contributed by atoms with Crippen LogP contribution >= 0.6 is 11.6 Å². The van der Waals surface area contributed by atoms with E-state index in [1.54, 1.807) is 7.48 Å².